The molecule has 48 valence electrons. The van der Waals surface area contributed by atoms with E-state index < -0.39 is 6.10 Å². The van der Waals surface area contributed by atoms with Crippen molar-refractivity contribution < 1.29 is 10.2 Å². The van der Waals surface area contributed by atoms with E-state index >= 15 is 0 Å². The van der Waals surface area contributed by atoms with Crippen LogP contribution in [0.4, 0.5) is 0 Å². The topological polar surface area (TPSA) is 40.5 Å². The van der Waals surface area contributed by atoms with E-state index in [0.29, 0.717) is 0 Å². The molecule has 0 radical (unpaired) electrons. The van der Waals surface area contributed by atoms with Crippen LogP contribution in [0.3, 0.4) is 0 Å². The lowest BCUT2D eigenvalue weighted by Gasteiger charge is -2.00. The molecular weight excluding hydrogens is 104 g/mol. The number of aliphatic hydroxyl groups excluding tert-OH is 2. The number of aliphatic hydroxyl groups is 2. The summed E-state index contributed by atoms with van der Waals surface area (Å²) in [5, 5.41) is 17.1. The number of rotatable bonds is 2. The second-order valence-corrected chi connectivity index (χ2v) is 1.81. The van der Waals surface area contributed by atoms with Crippen LogP contribution in [-0.4, -0.2) is 22.9 Å². The molecule has 2 N–H and O–H groups in total. The highest BCUT2D eigenvalue weighted by molar-refractivity contribution is 5.02. The summed E-state index contributed by atoms with van der Waals surface area (Å²) >= 11 is 0. The molecule has 0 fully saturated rings. The normalized spacial score (nSPS) is 16.2. The van der Waals surface area contributed by atoms with Crippen LogP contribution in [0, 0.1) is 0 Å². The maximum atomic E-state index is 8.77. The highest BCUT2D eigenvalue weighted by Crippen LogP contribution is 1.97. The van der Waals surface area contributed by atoms with Crippen LogP contribution in [-0.2, 0) is 0 Å². The second-order valence-electron chi connectivity index (χ2n) is 1.81. The smallest absolute Gasteiger partial charge is 0.0720 e. The van der Waals surface area contributed by atoms with Crippen LogP contribution in [0.1, 0.15) is 13.8 Å². The minimum absolute atomic E-state index is 0.0106. The molecule has 0 unspecified atom stereocenters. The Bertz CT molecular complexity index is 84.5. The standard InChI is InChI=1S/C6H12O2/c1-5(3-4-7)6(2)8/h3,6-8H,4H2,1-2H3/b5-3-/t6-/m1/s1. The fourth-order valence-corrected chi connectivity index (χ4v) is 0.315. The van der Waals surface area contributed by atoms with Gasteiger partial charge in [0.1, 0.15) is 0 Å². The van der Waals surface area contributed by atoms with Crippen molar-refractivity contribution >= 4 is 0 Å². The first kappa shape index (κ1) is 7.66. The van der Waals surface area contributed by atoms with Crippen molar-refractivity contribution in [3.8, 4) is 0 Å². The molecule has 0 saturated heterocycles. The largest absolute Gasteiger partial charge is 0.392 e. The fourth-order valence-electron chi connectivity index (χ4n) is 0.315. The van der Waals surface area contributed by atoms with Crippen molar-refractivity contribution in [1.29, 1.82) is 0 Å². The van der Waals surface area contributed by atoms with E-state index in [1.54, 1.807) is 19.9 Å². The van der Waals surface area contributed by atoms with Gasteiger partial charge in [-0.1, -0.05) is 6.08 Å². The maximum absolute atomic E-state index is 8.77. The van der Waals surface area contributed by atoms with E-state index in [4.69, 9.17) is 10.2 Å². The molecular formula is C6H12O2. The third-order valence-corrected chi connectivity index (χ3v) is 1.07. The van der Waals surface area contributed by atoms with Gasteiger partial charge >= 0.3 is 0 Å². The zero-order valence-corrected chi connectivity index (χ0v) is 5.26. The van der Waals surface area contributed by atoms with Gasteiger partial charge in [0, 0.05) is 0 Å². The Morgan fingerprint density at radius 3 is 2.38 bits per heavy atom. The minimum Gasteiger partial charge on any atom is -0.392 e. The monoisotopic (exact) mass is 116 g/mol. The minimum atomic E-state index is -0.429. The molecule has 0 aromatic carbocycles. The number of hydrogen-bond acceptors (Lipinski definition) is 2. The first-order valence-corrected chi connectivity index (χ1v) is 2.64. The zero-order valence-electron chi connectivity index (χ0n) is 5.26. The average Bonchev–Trinajstić information content (AvgIpc) is 1.67. The van der Waals surface area contributed by atoms with Gasteiger partial charge in [-0.25, -0.2) is 0 Å². The van der Waals surface area contributed by atoms with Gasteiger partial charge in [0.25, 0.3) is 0 Å². The second kappa shape index (κ2) is 3.64. The summed E-state index contributed by atoms with van der Waals surface area (Å²) in [6.45, 7) is 3.46. The van der Waals surface area contributed by atoms with Crippen LogP contribution in [0.25, 0.3) is 0 Å². The summed E-state index contributed by atoms with van der Waals surface area (Å²) in [6.07, 6.45) is 1.16. The molecule has 0 spiro atoms. The summed E-state index contributed by atoms with van der Waals surface area (Å²) in [5.41, 5.74) is 0.813. The lowest BCUT2D eigenvalue weighted by Crippen LogP contribution is -2.01. The highest BCUT2D eigenvalue weighted by atomic mass is 16.3. The maximum Gasteiger partial charge on any atom is 0.0720 e. The van der Waals surface area contributed by atoms with Gasteiger partial charge in [0.05, 0.1) is 12.7 Å². The number of hydrogen-bond donors (Lipinski definition) is 2. The lowest BCUT2D eigenvalue weighted by atomic mass is 10.2. The van der Waals surface area contributed by atoms with Gasteiger partial charge in [-0.2, -0.15) is 0 Å². The molecule has 8 heavy (non-hydrogen) atoms. The quantitative estimate of drug-likeness (QED) is 0.509. The summed E-state index contributed by atoms with van der Waals surface area (Å²) in [6, 6.07) is 0. The van der Waals surface area contributed by atoms with Crippen LogP contribution in [0.15, 0.2) is 11.6 Å². The van der Waals surface area contributed by atoms with Gasteiger partial charge in [0.15, 0.2) is 0 Å². The zero-order chi connectivity index (χ0) is 6.57. The van der Waals surface area contributed by atoms with Crippen LogP contribution >= 0.6 is 0 Å². The SMILES string of the molecule is C/C(=C/CO)[C@@H](C)O. The van der Waals surface area contributed by atoms with Gasteiger partial charge < -0.3 is 10.2 Å². The van der Waals surface area contributed by atoms with Crippen molar-refractivity contribution in [2.75, 3.05) is 6.61 Å². The van der Waals surface area contributed by atoms with Crippen molar-refractivity contribution in [2.24, 2.45) is 0 Å². The molecule has 1 atom stereocenters. The van der Waals surface area contributed by atoms with Gasteiger partial charge in [-0.05, 0) is 19.4 Å². The van der Waals surface area contributed by atoms with E-state index in [2.05, 4.69) is 0 Å². The lowest BCUT2D eigenvalue weighted by molar-refractivity contribution is 0.229. The highest BCUT2D eigenvalue weighted by Gasteiger charge is 1.94. The predicted octanol–water partition coefficient (Wildman–Crippen LogP) is 0.306. The van der Waals surface area contributed by atoms with Gasteiger partial charge in [-0.3, -0.25) is 0 Å². The molecule has 0 aliphatic carbocycles. The van der Waals surface area contributed by atoms with E-state index in [9.17, 15) is 0 Å². The Morgan fingerprint density at radius 1 is 1.75 bits per heavy atom. The summed E-state index contributed by atoms with van der Waals surface area (Å²) in [4.78, 5) is 0. The third-order valence-electron chi connectivity index (χ3n) is 1.07. The Kier molecular flexibility index (Phi) is 3.48. The Hall–Kier alpha value is -0.340. The predicted molar refractivity (Wildman–Crippen MR) is 32.5 cm³/mol. The third kappa shape index (κ3) is 2.77. The van der Waals surface area contributed by atoms with Crippen LogP contribution in [0.2, 0.25) is 0 Å². The first-order chi connectivity index (χ1) is 3.68. The molecule has 0 heterocycles. The fraction of sp³-hybridized carbons (Fsp3) is 0.667. The molecule has 2 heteroatoms. The summed E-state index contributed by atoms with van der Waals surface area (Å²) in [7, 11) is 0. The molecule has 0 aliphatic rings. The molecule has 0 rings (SSSR count). The van der Waals surface area contributed by atoms with E-state index in [0.717, 1.165) is 5.57 Å². The van der Waals surface area contributed by atoms with Crippen molar-refractivity contribution in [3.05, 3.63) is 11.6 Å². The Labute approximate surface area is 49.5 Å². The molecule has 0 saturated carbocycles. The van der Waals surface area contributed by atoms with Crippen LogP contribution in [0.5, 0.6) is 0 Å². The molecule has 2 nitrogen and oxygen atoms in total. The molecule has 0 aliphatic heterocycles. The van der Waals surface area contributed by atoms with Crippen molar-refractivity contribution in [1.82, 2.24) is 0 Å². The van der Waals surface area contributed by atoms with Gasteiger partial charge in [0.2, 0.25) is 0 Å². The van der Waals surface area contributed by atoms with E-state index in [-0.39, 0.29) is 6.61 Å². The molecule has 0 aromatic heterocycles. The average molecular weight is 116 g/mol. The van der Waals surface area contributed by atoms with Gasteiger partial charge in [-0.15, -0.1) is 0 Å². The van der Waals surface area contributed by atoms with Crippen LogP contribution < -0.4 is 0 Å². The Morgan fingerprint density at radius 2 is 2.25 bits per heavy atom. The van der Waals surface area contributed by atoms with Crippen molar-refractivity contribution in [2.45, 2.75) is 20.0 Å². The molecule has 0 bridgehead atoms. The molecule has 0 aromatic rings. The first-order valence-electron chi connectivity index (χ1n) is 2.64. The summed E-state index contributed by atoms with van der Waals surface area (Å²) < 4.78 is 0. The van der Waals surface area contributed by atoms with E-state index in [1.165, 1.54) is 0 Å². The van der Waals surface area contributed by atoms with Crippen molar-refractivity contribution in [3.63, 3.8) is 0 Å². The Balaban J connectivity index is 3.61. The molecule has 0 amide bonds. The summed E-state index contributed by atoms with van der Waals surface area (Å²) in [5.74, 6) is 0. The van der Waals surface area contributed by atoms with E-state index in [1.807, 2.05) is 0 Å².